The summed E-state index contributed by atoms with van der Waals surface area (Å²) in [6, 6.07) is 13.4. The summed E-state index contributed by atoms with van der Waals surface area (Å²) < 4.78 is 32.2. The van der Waals surface area contributed by atoms with Gasteiger partial charge >= 0.3 is 6.03 Å². The molecule has 0 radical (unpaired) electrons. The summed E-state index contributed by atoms with van der Waals surface area (Å²) in [6.45, 7) is 3.47. The number of nitrogens with one attached hydrogen (secondary N) is 2. The van der Waals surface area contributed by atoms with Gasteiger partial charge in [0.2, 0.25) is 11.8 Å². The van der Waals surface area contributed by atoms with Crippen LogP contribution >= 0.6 is 0 Å². The van der Waals surface area contributed by atoms with Crippen molar-refractivity contribution >= 4 is 16.1 Å². The average Bonchev–Trinajstić information content (AvgIpc) is 3.06. The summed E-state index contributed by atoms with van der Waals surface area (Å²) in [6.07, 6.45) is 0. The van der Waals surface area contributed by atoms with E-state index in [9.17, 15) is 13.2 Å². The molecule has 27 heavy (non-hydrogen) atoms. The average molecular weight is 386 g/mol. The Kier molecular flexibility index (Phi) is 5.22. The van der Waals surface area contributed by atoms with Crippen molar-refractivity contribution in [1.29, 1.82) is 0 Å². The van der Waals surface area contributed by atoms with Gasteiger partial charge in [0, 0.05) is 6.92 Å². The van der Waals surface area contributed by atoms with Crippen LogP contribution in [0.3, 0.4) is 0 Å². The maximum Gasteiger partial charge on any atom is 0.329 e. The molecule has 0 spiro atoms. The monoisotopic (exact) mass is 386 g/mol. The molecule has 0 fully saturated rings. The van der Waals surface area contributed by atoms with E-state index in [1.54, 1.807) is 43.3 Å². The number of hydrogen-bond donors (Lipinski definition) is 2. The standard InChI is InChI=1S/C18H18N4O4S/c1-12-8-10-15(11-9-12)27(24,25)22-18(23)19-16(14-6-4-3-5-7-14)17-21-20-13(2)26-17/h3-11,16H,1-2H3,(H2,19,22,23). The topological polar surface area (TPSA) is 114 Å². The van der Waals surface area contributed by atoms with E-state index in [0.717, 1.165) is 5.56 Å². The van der Waals surface area contributed by atoms with E-state index < -0.39 is 22.1 Å². The number of urea groups is 1. The predicted molar refractivity (Wildman–Crippen MR) is 97.4 cm³/mol. The fourth-order valence-electron chi connectivity index (χ4n) is 2.42. The SMILES string of the molecule is Cc1ccc(S(=O)(=O)NC(=O)NC(c2ccccc2)c2nnc(C)o2)cc1. The highest BCUT2D eigenvalue weighted by molar-refractivity contribution is 7.90. The van der Waals surface area contributed by atoms with Crippen molar-refractivity contribution in [3.63, 3.8) is 0 Å². The molecule has 0 aliphatic carbocycles. The number of amides is 2. The highest BCUT2D eigenvalue weighted by Crippen LogP contribution is 2.21. The highest BCUT2D eigenvalue weighted by Gasteiger charge is 2.25. The van der Waals surface area contributed by atoms with Crippen molar-refractivity contribution in [2.45, 2.75) is 24.8 Å². The van der Waals surface area contributed by atoms with Crippen LogP contribution in [-0.4, -0.2) is 24.6 Å². The lowest BCUT2D eigenvalue weighted by Crippen LogP contribution is -2.41. The van der Waals surface area contributed by atoms with Crippen molar-refractivity contribution in [3.8, 4) is 0 Å². The quantitative estimate of drug-likeness (QED) is 0.696. The first-order valence-corrected chi connectivity index (χ1v) is 9.58. The first kappa shape index (κ1) is 18.6. The Morgan fingerprint density at radius 1 is 1.00 bits per heavy atom. The van der Waals surface area contributed by atoms with Gasteiger partial charge in [0.25, 0.3) is 10.0 Å². The number of benzene rings is 2. The van der Waals surface area contributed by atoms with E-state index in [2.05, 4.69) is 15.5 Å². The van der Waals surface area contributed by atoms with Crippen LogP contribution < -0.4 is 10.0 Å². The van der Waals surface area contributed by atoms with Gasteiger partial charge in [-0.15, -0.1) is 10.2 Å². The zero-order valence-corrected chi connectivity index (χ0v) is 15.5. The van der Waals surface area contributed by atoms with E-state index in [4.69, 9.17) is 4.42 Å². The number of carbonyl (C=O) groups is 1. The van der Waals surface area contributed by atoms with Crippen molar-refractivity contribution in [1.82, 2.24) is 20.2 Å². The predicted octanol–water partition coefficient (Wildman–Crippen LogP) is 2.46. The Labute approximate surface area is 156 Å². The molecular weight excluding hydrogens is 368 g/mol. The summed E-state index contributed by atoms with van der Waals surface area (Å²) in [5.41, 5.74) is 1.58. The van der Waals surface area contributed by atoms with Crippen molar-refractivity contribution in [2.24, 2.45) is 0 Å². The summed E-state index contributed by atoms with van der Waals surface area (Å²) in [4.78, 5) is 12.4. The molecule has 0 aliphatic heterocycles. The van der Waals surface area contributed by atoms with Gasteiger partial charge in [0.15, 0.2) is 0 Å². The first-order valence-electron chi connectivity index (χ1n) is 8.10. The van der Waals surface area contributed by atoms with Crippen molar-refractivity contribution in [3.05, 3.63) is 77.5 Å². The second-order valence-electron chi connectivity index (χ2n) is 5.90. The molecule has 0 bridgehead atoms. The third-order valence-electron chi connectivity index (χ3n) is 3.76. The lowest BCUT2D eigenvalue weighted by Gasteiger charge is -2.16. The van der Waals surface area contributed by atoms with E-state index in [-0.39, 0.29) is 10.8 Å². The van der Waals surface area contributed by atoms with Crippen molar-refractivity contribution < 1.29 is 17.6 Å². The van der Waals surface area contributed by atoms with Crippen LogP contribution in [0, 0.1) is 13.8 Å². The van der Waals surface area contributed by atoms with Crippen LogP contribution in [0.15, 0.2) is 63.9 Å². The molecule has 2 amide bonds. The van der Waals surface area contributed by atoms with Gasteiger partial charge in [-0.1, -0.05) is 48.0 Å². The maximum absolute atomic E-state index is 12.4. The molecule has 1 heterocycles. The first-order chi connectivity index (χ1) is 12.8. The zero-order chi connectivity index (χ0) is 19.4. The molecule has 0 saturated heterocycles. The number of sulfonamides is 1. The van der Waals surface area contributed by atoms with Gasteiger partial charge in [0.05, 0.1) is 4.90 Å². The van der Waals surface area contributed by atoms with Crippen LogP contribution in [0.2, 0.25) is 0 Å². The molecule has 140 valence electrons. The second-order valence-corrected chi connectivity index (χ2v) is 7.58. The molecule has 8 nitrogen and oxygen atoms in total. The van der Waals surface area contributed by atoms with E-state index in [0.29, 0.717) is 11.5 Å². The Balaban J connectivity index is 1.81. The zero-order valence-electron chi connectivity index (χ0n) is 14.7. The number of nitrogens with zero attached hydrogens (tertiary/aromatic N) is 2. The molecule has 1 aromatic heterocycles. The molecule has 9 heteroatoms. The molecule has 1 unspecified atom stereocenters. The minimum absolute atomic E-state index is 0.00635. The summed E-state index contributed by atoms with van der Waals surface area (Å²) >= 11 is 0. The van der Waals surface area contributed by atoms with Gasteiger partial charge in [0.1, 0.15) is 6.04 Å². The molecule has 2 N–H and O–H groups in total. The molecule has 1 atom stereocenters. The normalized spacial score (nSPS) is 12.4. The van der Waals surface area contributed by atoms with Crippen molar-refractivity contribution in [2.75, 3.05) is 0 Å². The highest BCUT2D eigenvalue weighted by atomic mass is 32.2. The van der Waals surface area contributed by atoms with Crippen LogP contribution in [0.5, 0.6) is 0 Å². The minimum atomic E-state index is -4.01. The number of rotatable bonds is 5. The van der Waals surface area contributed by atoms with Crippen LogP contribution in [0.1, 0.15) is 29.0 Å². The second kappa shape index (κ2) is 7.58. The number of carbonyl (C=O) groups excluding carboxylic acids is 1. The van der Waals surface area contributed by atoms with Crippen LogP contribution in [0.25, 0.3) is 0 Å². The van der Waals surface area contributed by atoms with Gasteiger partial charge in [-0.25, -0.2) is 17.9 Å². The largest absolute Gasteiger partial charge is 0.423 e. The van der Waals surface area contributed by atoms with E-state index in [1.807, 2.05) is 17.7 Å². The Hall–Kier alpha value is -3.20. The molecule has 0 saturated carbocycles. The molecule has 2 aromatic carbocycles. The third-order valence-corrected chi connectivity index (χ3v) is 5.10. The lowest BCUT2D eigenvalue weighted by atomic mass is 10.1. The lowest BCUT2D eigenvalue weighted by molar-refractivity contribution is 0.241. The fraction of sp³-hybridized carbons (Fsp3) is 0.167. The van der Waals surface area contributed by atoms with Gasteiger partial charge in [-0.2, -0.15) is 0 Å². The van der Waals surface area contributed by atoms with E-state index in [1.165, 1.54) is 12.1 Å². The van der Waals surface area contributed by atoms with Crippen LogP contribution in [0.4, 0.5) is 4.79 Å². The Morgan fingerprint density at radius 3 is 2.26 bits per heavy atom. The summed E-state index contributed by atoms with van der Waals surface area (Å²) in [5, 5.41) is 10.3. The number of hydrogen-bond acceptors (Lipinski definition) is 6. The Morgan fingerprint density at radius 2 is 1.67 bits per heavy atom. The third kappa shape index (κ3) is 4.50. The summed E-state index contributed by atoms with van der Waals surface area (Å²) in [7, 11) is -4.01. The number of aryl methyl sites for hydroxylation is 2. The van der Waals surface area contributed by atoms with Crippen LogP contribution in [-0.2, 0) is 10.0 Å². The molecule has 0 aliphatic rings. The Bertz CT molecular complexity index is 1030. The van der Waals surface area contributed by atoms with E-state index >= 15 is 0 Å². The van der Waals surface area contributed by atoms with Gasteiger partial charge in [-0.3, -0.25) is 0 Å². The summed E-state index contributed by atoms with van der Waals surface area (Å²) in [5.74, 6) is 0.488. The van der Waals surface area contributed by atoms with Gasteiger partial charge in [-0.05, 0) is 24.6 Å². The molecule has 3 aromatic rings. The molecule has 3 rings (SSSR count). The smallest absolute Gasteiger partial charge is 0.329 e. The number of aromatic nitrogens is 2. The molecular formula is C18H18N4O4S. The van der Waals surface area contributed by atoms with Gasteiger partial charge < -0.3 is 9.73 Å². The fourth-order valence-corrected chi connectivity index (χ4v) is 3.34. The maximum atomic E-state index is 12.4. The minimum Gasteiger partial charge on any atom is -0.423 e.